The topological polar surface area (TPSA) is 85.2 Å². The normalized spacial score (nSPS) is 10.7. The molecular formula is C28H22N4O3. The van der Waals surface area contributed by atoms with Crippen LogP contribution >= 0.6 is 0 Å². The Kier molecular flexibility index (Phi) is 5.96. The van der Waals surface area contributed by atoms with Crippen LogP contribution in [0.25, 0.3) is 16.5 Å². The molecule has 0 radical (unpaired) electrons. The number of anilines is 3. The maximum Gasteiger partial charge on any atom is 0.279 e. The van der Waals surface area contributed by atoms with Crippen molar-refractivity contribution in [2.24, 2.45) is 0 Å². The van der Waals surface area contributed by atoms with E-state index < -0.39 is 5.91 Å². The Morgan fingerprint density at radius 3 is 1.97 bits per heavy atom. The highest BCUT2D eigenvalue weighted by Crippen LogP contribution is 2.22. The largest absolute Gasteiger partial charge is 0.497 e. The first-order valence-electron chi connectivity index (χ1n) is 11.0. The van der Waals surface area contributed by atoms with Crippen LogP contribution in [0.1, 0.15) is 10.5 Å². The van der Waals surface area contributed by atoms with Gasteiger partial charge in [-0.05, 0) is 66.7 Å². The first-order valence-corrected chi connectivity index (χ1v) is 11.0. The van der Waals surface area contributed by atoms with Crippen LogP contribution in [-0.2, 0) is 0 Å². The van der Waals surface area contributed by atoms with Crippen molar-refractivity contribution in [2.75, 3.05) is 17.7 Å². The van der Waals surface area contributed by atoms with Crippen molar-refractivity contribution in [3.63, 3.8) is 0 Å². The van der Waals surface area contributed by atoms with Gasteiger partial charge in [0, 0.05) is 22.4 Å². The van der Waals surface area contributed by atoms with E-state index >= 15 is 0 Å². The molecule has 5 aromatic rings. The van der Waals surface area contributed by atoms with Gasteiger partial charge in [-0.2, -0.15) is 9.78 Å². The minimum atomic E-state index is -0.401. The molecule has 1 aromatic heterocycles. The van der Waals surface area contributed by atoms with Gasteiger partial charge in [-0.15, -0.1) is 0 Å². The highest BCUT2D eigenvalue weighted by atomic mass is 16.5. The van der Waals surface area contributed by atoms with Crippen LogP contribution in [0.4, 0.5) is 17.1 Å². The van der Waals surface area contributed by atoms with E-state index in [2.05, 4.69) is 15.7 Å². The highest BCUT2D eigenvalue weighted by molar-refractivity contribution is 6.11. The maximum atomic E-state index is 13.2. The molecule has 0 bridgehead atoms. The molecule has 1 amide bonds. The molecular weight excluding hydrogens is 440 g/mol. The summed E-state index contributed by atoms with van der Waals surface area (Å²) in [5.74, 6) is 0.384. The number of hydrogen-bond donors (Lipinski definition) is 2. The van der Waals surface area contributed by atoms with Crippen molar-refractivity contribution in [2.45, 2.75) is 0 Å². The molecule has 0 saturated heterocycles. The predicted octanol–water partition coefficient (Wildman–Crippen LogP) is 5.39. The van der Waals surface area contributed by atoms with Crippen LogP contribution in [0.3, 0.4) is 0 Å². The molecule has 5 rings (SSSR count). The summed E-state index contributed by atoms with van der Waals surface area (Å²) in [6.07, 6.45) is 0. The standard InChI is InChI=1S/C28H22N4O3/c1-35-23-17-15-20(16-18-23)29-19-11-13-21(14-12-19)30-27(33)26-24-9-5-6-10-25(24)28(34)32(31-26)22-7-3-2-4-8-22/h2-18,29H,1H3,(H,30,33). The lowest BCUT2D eigenvalue weighted by molar-refractivity contribution is 0.102. The summed E-state index contributed by atoms with van der Waals surface area (Å²) in [5, 5.41) is 11.5. The third-order valence-corrected chi connectivity index (χ3v) is 5.54. The second kappa shape index (κ2) is 9.52. The number of rotatable bonds is 6. The molecule has 0 atom stereocenters. The third-order valence-electron chi connectivity index (χ3n) is 5.54. The summed E-state index contributed by atoms with van der Waals surface area (Å²) < 4.78 is 6.45. The van der Waals surface area contributed by atoms with Crippen molar-refractivity contribution >= 4 is 33.7 Å². The summed E-state index contributed by atoms with van der Waals surface area (Å²) in [6.45, 7) is 0. The number of para-hydroxylation sites is 1. The zero-order chi connectivity index (χ0) is 24.2. The lowest BCUT2D eigenvalue weighted by Crippen LogP contribution is -2.26. The number of methoxy groups -OCH3 is 1. The molecule has 172 valence electrons. The molecule has 1 heterocycles. The smallest absolute Gasteiger partial charge is 0.279 e. The van der Waals surface area contributed by atoms with E-state index in [1.807, 2.05) is 54.6 Å². The predicted molar refractivity (Wildman–Crippen MR) is 138 cm³/mol. The van der Waals surface area contributed by atoms with Crippen molar-refractivity contribution in [3.05, 3.63) is 119 Å². The second-order valence-electron chi connectivity index (χ2n) is 7.83. The molecule has 0 aliphatic heterocycles. The molecule has 0 aliphatic carbocycles. The number of hydrogen-bond acceptors (Lipinski definition) is 5. The highest BCUT2D eigenvalue weighted by Gasteiger charge is 2.17. The van der Waals surface area contributed by atoms with Crippen LogP contribution in [0.2, 0.25) is 0 Å². The molecule has 0 unspecified atom stereocenters. The lowest BCUT2D eigenvalue weighted by atomic mass is 10.1. The number of ether oxygens (including phenoxy) is 1. The molecule has 4 aromatic carbocycles. The van der Waals surface area contributed by atoms with Crippen molar-refractivity contribution in [3.8, 4) is 11.4 Å². The van der Waals surface area contributed by atoms with Crippen LogP contribution < -0.4 is 20.9 Å². The van der Waals surface area contributed by atoms with Crippen LogP contribution in [0, 0.1) is 0 Å². The lowest BCUT2D eigenvalue weighted by Gasteiger charge is -2.12. The van der Waals surface area contributed by atoms with Gasteiger partial charge in [-0.3, -0.25) is 9.59 Å². The number of carbonyl (C=O) groups excluding carboxylic acids is 1. The summed E-state index contributed by atoms with van der Waals surface area (Å²) in [5.41, 5.74) is 2.88. The Morgan fingerprint density at radius 2 is 1.31 bits per heavy atom. The van der Waals surface area contributed by atoms with Gasteiger partial charge < -0.3 is 15.4 Å². The van der Waals surface area contributed by atoms with Gasteiger partial charge in [-0.1, -0.05) is 36.4 Å². The summed E-state index contributed by atoms with van der Waals surface area (Å²) in [4.78, 5) is 26.3. The SMILES string of the molecule is COc1ccc(Nc2ccc(NC(=O)c3nn(-c4ccccc4)c(=O)c4ccccc34)cc2)cc1. The Morgan fingerprint density at radius 1 is 0.743 bits per heavy atom. The van der Waals surface area contributed by atoms with Crippen molar-refractivity contribution < 1.29 is 9.53 Å². The molecule has 0 aliphatic rings. The molecule has 0 spiro atoms. The van der Waals surface area contributed by atoms with Gasteiger partial charge in [0.1, 0.15) is 5.75 Å². The Labute approximate surface area is 201 Å². The van der Waals surface area contributed by atoms with E-state index in [0.29, 0.717) is 22.1 Å². The zero-order valence-corrected chi connectivity index (χ0v) is 18.9. The summed E-state index contributed by atoms with van der Waals surface area (Å²) in [7, 11) is 1.63. The number of carbonyl (C=O) groups is 1. The first kappa shape index (κ1) is 21.9. The minimum absolute atomic E-state index is 0.171. The molecule has 7 heteroatoms. The molecule has 35 heavy (non-hydrogen) atoms. The van der Waals surface area contributed by atoms with Crippen molar-refractivity contribution in [1.82, 2.24) is 9.78 Å². The number of benzene rings is 4. The first-order chi connectivity index (χ1) is 17.1. The van der Waals surface area contributed by atoms with E-state index in [1.54, 1.807) is 55.6 Å². The molecule has 0 fully saturated rings. The number of nitrogens with one attached hydrogen (secondary N) is 2. The Hall–Kier alpha value is -4.91. The summed E-state index contributed by atoms with van der Waals surface area (Å²) in [6, 6.07) is 31.0. The van der Waals surface area contributed by atoms with E-state index in [9.17, 15) is 9.59 Å². The average Bonchev–Trinajstić information content (AvgIpc) is 2.91. The van der Waals surface area contributed by atoms with Gasteiger partial charge in [0.15, 0.2) is 5.69 Å². The number of fused-ring (bicyclic) bond motifs is 1. The third kappa shape index (κ3) is 4.60. The van der Waals surface area contributed by atoms with Crippen LogP contribution in [-0.4, -0.2) is 22.8 Å². The quantitative estimate of drug-likeness (QED) is 0.353. The zero-order valence-electron chi connectivity index (χ0n) is 18.9. The van der Waals surface area contributed by atoms with Crippen LogP contribution in [0.15, 0.2) is 108 Å². The number of amides is 1. The van der Waals surface area contributed by atoms with E-state index in [-0.39, 0.29) is 11.3 Å². The fourth-order valence-corrected chi connectivity index (χ4v) is 3.77. The molecule has 0 saturated carbocycles. The van der Waals surface area contributed by atoms with Gasteiger partial charge >= 0.3 is 0 Å². The van der Waals surface area contributed by atoms with Gasteiger partial charge in [-0.25, -0.2) is 0 Å². The van der Waals surface area contributed by atoms with E-state index in [4.69, 9.17) is 4.74 Å². The van der Waals surface area contributed by atoms with Crippen molar-refractivity contribution in [1.29, 1.82) is 0 Å². The van der Waals surface area contributed by atoms with Gasteiger partial charge in [0.05, 0.1) is 18.2 Å². The molecule has 2 N–H and O–H groups in total. The second-order valence-corrected chi connectivity index (χ2v) is 7.83. The van der Waals surface area contributed by atoms with E-state index in [0.717, 1.165) is 17.1 Å². The minimum Gasteiger partial charge on any atom is -0.497 e. The maximum absolute atomic E-state index is 13.2. The Balaban J connectivity index is 1.41. The average molecular weight is 463 g/mol. The van der Waals surface area contributed by atoms with Crippen LogP contribution in [0.5, 0.6) is 5.75 Å². The van der Waals surface area contributed by atoms with Gasteiger partial charge in [0.2, 0.25) is 0 Å². The molecule has 7 nitrogen and oxygen atoms in total. The monoisotopic (exact) mass is 462 g/mol. The number of nitrogens with zero attached hydrogens (tertiary/aromatic N) is 2. The summed E-state index contributed by atoms with van der Waals surface area (Å²) >= 11 is 0. The Bertz CT molecular complexity index is 1540. The van der Waals surface area contributed by atoms with E-state index in [1.165, 1.54) is 4.68 Å². The fourth-order valence-electron chi connectivity index (χ4n) is 3.77. The fraction of sp³-hybridized carbons (Fsp3) is 0.0357. The van der Waals surface area contributed by atoms with Gasteiger partial charge in [0.25, 0.3) is 11.5 Å². The number of aromatic nitrogens is 2.